The molecule has 12 heavy (non-hydrogen) atoms. The SMILES string of the molecule is COC(C)(C)C(C=C(C)C)NN. The zero-order valence-electron chi connectivity index (χ0n) is 8.64. The number of nitrogens with one attached hydrogen (secondary N) is 1. The maximum Gasteiger partial charge on any atom is 0.0823 e. The first-order valence-electron chi connectivity index (χ1n) is 4.10. The molecule has 0 aliphatic carbocycles. The maximum absolute atomic E-state index is 5.41. The van der Waals surface area contributed by atoms with Gasteiger partial charge in [-0.25, -0.2) is 0 Å². The van der Waals surface area contributed by atoms with Gasteiger partial charge in [-0.1, -0.05) is 11.6 Å². The first-order valence-corrected chi connectivity index (χ1v) is 4.10. The Morgan fingerprint density at radius 1 is 1.50 bits per heavy atom. The van der Waals surface area contributed by atoms with Crippen LogP contribution in [0.5, 0.6) is 0 Å². The van der Waals surface area contributed by atoms with Crippen LogP contribution in [0.25, 0.3) is 0 Å². The van der Waals surface area contributed by atoms with Gasteiger partial charge < -0.3 is 4.74 Å². The van der Waals surface area contributed by atoms with E-state index >= 15 is 0 Å². The fourth-order valence-corrected chi connectivity index (χ4v) is 0.910. The van der Waals surface area contributed by atoms with Gasteiger partial charge >= 0.3 is 0 Å². The summed E-state index contributed by atoms with van der Waals surface area (Å²) in [4.78, 5) is 0. The smallest absolute Gasteiger partial charge is 0.0823 e. The molecule has 0 fully saturated rings. The van der Waals surface area contributed by atoms with Crippen LogP contribution in [0.2, 0.25) is 0 Å². The molecule has 0 saturated heterocycles. The van der Waals surface area contributed by atoms with Crippen LogP contribution in [-0.4, -0.2) is 18.8 Å². The molecule has 0 heterocycles. The molecule has 0 radical (unpaired) electrons. The quantitative estimate of drug-likeness (QED) is 0.380. The fourth-order valence-electron chi connectivity index (χ4n) is 0.910. The molecule has 0 bridgehead atoms. The third-order valence-electron chi connectivity index (χ3n) is 1.95. The monoisotopic (exact) mass is 172 g/mol. The van der Waals surface area contributed by atoms with E-state index in [9.17, 15) is 0 Å². The third kappa shape index (κ3) is 3.34. The Bertz CT molecular complexity index is 160. The van der Waals surface area contributed by atoms with Gasteiger partial charge in [0.15, 0.2) is 0 Å². The average Bonchev–Trinajstić information content (AvgIpc) is 1.99. The van der Waals surface area contributed by atoms with E-state index in [0.717, 1.165) is 0 Å². The van der Waals surface area contributed by atoms with Crippen molar-refractivity contribution >= 4 is 0 Å². The van der Waals surface area contributed by atoms with Gasteiger partial charge in [0.25, 0.3) is 0 Å². The van der Waals surface area contributed by atoms with Crippen molar-refractivity contribution in [1.82, 2.24) is 5.43 Å². The Kier molecular flexibility index (Phi) is 4.45. The minimum Gasteiger partial charge on any atom is -0.377 e. The average molecular weight is 172 g/mol. The second-order valence-corrected chi connectivity index (χ2v) is 3.70. The van der Waals surface area contributed by atoms with Gasteiger partial charge in [-0.3, -0.25) is 11.3 Å². The maximum atomic E-state index is 5.41. The molecular formula is C9H20N2O. The summed E-state index contributed by atoms with van der Waals surface area (Å²) < 4.78 is 5.30. The summed E-state index contributed by atoms with van der Waals surface area (Å²) in [6, 6.07) is 0.0486. The summed E-state index contributed by atoms with van der Waals surface area (Å²) in [6.07, 6.45) is 2.06. The molecule has 3 heteroatoms. The first kappa shape index (κ1) is 11.6. The molecule has 0 rings (SSSR count). The molecular weight excluding hydrogens is 152 g/mol. The van der Waals surface area contributed by atoms with Gasteiger partial charge in [0, 0.05) is 7.11 Å². The molecule has 1 unspecified atom stereocenters. The number of ether oxygens (including phenoxy) is 1. The van der Waals surface area contributed by atoms with E-state index in [4.69, 9.17) is 10.6 Å². The fraction of sp³-hybridized carbons (Fsp3) is 0.778. The van der Waals surface area contributed by atoms with E-state index in [2.05, 4.69) is 11.5 Å². The van der Waals surface area contributed by atoms with Crippen LogP contribution < -0.4 is 11.3 Å². The minimum absolute atomic E-state index is 0.0486. The zero-order chi connectivity index (χ0) is 9.78. The zero-order valence-corrected chi connectivity index (χ0v) is 8.64. The molecule has 1 atom stereocenters. The number of hydrogen-bond donors (Lipinski definition) is 2. The molecule has 3 nitrogen and oxygen atoms in total. The molecule has 0 aromatic carbocycles. The van der Waals surface area contributed by atoms with Gasteiger partial charge in [0.05, 0.1) is 11.6 Å². The van der Waals surface area contributed by atoms with Gasteiger partial charge in [-0.05, 0) is 27.7 Å². The van der Waals surface area contributed by atoms with Crippen molar-refractivity contribution in [2.45, 2.75) is 39.3 Å². The van der Waals surface area contributed by atoms with Gasteiger partial charge in [-0.2, -0.15) is 0 Å². The summed E-state index contributed by atoms with van der Waals surface area (Å²) in [7, 11) is 1.68. The van der Waals surface area contributed by atoms with E-state index in [-0.39, 0.29) is 11.6 Å². The lowest BCUT2D eigenvalue weighted by Gasteiger charge is -2.30. The van der Waals surface area contributed by atoms with E-state index in [1.54, 1.807) is 7.11 Å². The van der Waals surface area contributed by atoms with Crippen LogP contribution in [0.3, 0.4) is 0 Å². The highest BCUT2D eigenvalue weighted by Gasteiger charge is 2.26. The second-order valence-electron chi connectivity index (χ2n) is 3.70. The van der Waals surface area contributed by atoms with E-state index in [1.807, 2.05) is 27.7 Å². The van der Waals surface area contributed by atoms with Crippen molar-refractivity contribution in [3.63, 3.8) is 0 Å². The Labute approximate surface area is 74.9 Å². The molecule has 0 spiro atoms. The van der Waals surface area contributed by atoms with E-state index in [0.29, 0.717) is 0 Å². The lowest BCUT2D eigenvalue weighted by atomic mass is 9.97. The van der Waals surface area contributed by atoms with Crippen LogP contribution >= 0.6 is 0 Å². The normalized spacial score (nSPS) is 14.2. The Hall–Kier alpha value is -0.380. The predicted molar refractivity (Wildman–Crippen MR) is 51.6 cm³/mol. The number of allylic oxidation sites excluding steroid dienone is 1. The van der Waals surface area contributed by atoms with Crippen molar-refractivity contribution in [3.8, 4) is 0 Å². The second kappa shape index (κ2) is 4.60. The van der Waals surface area contributed by atoms with Crippen LogP contribution in [0.4, 0.5) is 0 Å². The number of methoxy groups -OCH3 is 1. The molecule has 0 aliphatic rings. The molecule has 0 aromatic rings. The first-order chi connectivity index (χ1) is 5.44. The van der Waals surface area contributed by atoms with Crippen molar-refractivity contribution in [3.05, 3.63) is 11.6 Å². The predicted octanol–water partition coefficient (Wildman–Crippen LogP) is 1.21. The van der Waals surface area contributed by atoms with Crippen LogP contribution in [0.1, 0.15) is 27.7 Å². The van der Waals surface area contributed by atoms with Crippen LogP contribution in [0.15, 0.2) is 11.6 Å². The van der Waals surface area contributed by atoms with Crippen molar-refractivity contribution < 1.29 is 4.74 Å². The molecule has 0 aliphatic heterocycles. The Morgan fingerprint density at radius 2 is 2.00 bits per heavy atom. The molecule has 0 amide bonds. The Balaban J connectivity index is 4.45. The molecule has 3 N–H and O–H groups in total. The highest BCUT2D eigenvalue weighted by Crippen LogP contribution is 2.15. The van der Waals surface area contributed by atoms with E-state index < -0.39 is 0 Å². The summed E-state index contributed by atoms with van der Waals surface area (Å²) >= 11 is 0. The highest BCUT2D eigenvalue weighted by atomic mass is 16.5. The summed E-state index contributed by atoms with van der Waals surface area (Å²) in [6.45, 7) is 8.07. The summed E-state index contributed by atoms with van der Waals surface area (Å²) in [5.41, 5.74) is 3.68. The molecule has 0 saturated carbocycles. The van der Waals surface area contributed by atoms with Crippen LogP contribution in [0, 0.1) is 0 Å². The van der Waals surface area contributed by atoms with Gasteiger partial charge in [0.2, 0.25) is 0 Å². The number of nitrogens with two attached hydrogens (primary N) is 1. The number of hydrazine groups is 1. The lowest BCUT2D eigenvalue weighted by Crippen LogP contribution is -2.49. The van der Waals surface area contributed by atoms with Crippen molar-refractivity contribution in [2.75, 3.05) is 7.11 Å². The standard InChI is InChI=1S/C9H20N2O/c1-7(2)6-8(11-10)9(3,4)12-5/h6,8,11H,10H2,1-5H3. The Morgan fingerprint density at radius 3 is 2.25 bits per heavy atom. The van der Waals surface area contributed by atoms with Crippen LogP contribution in [-0.2, 0) is 4.74 Å². The minimum atomic E-state index is -0.272. The number of hydrogen-bond acceptors (Lipinski definition) is 3. The highest BCUT2D eigenvalue weighted by molar-refractivity contribution is 5.06. The van der Waals surface area contributed by atoms with Crippen molar-refractivity contribution in [2.24, 2.45) is 5.84 Å². The largest absolute Gasteiger partial charge is 0.377 e. The van der Waals surface area contributed by atoms with E-state index in [1.165, 1.54) is 5.57 Å². The van der Waals surface area contributed by atoms with Gasteiger partial charge in [-0.15, -0.1) is 0 Å². The summed E-state index contributed by atoms with van der Waals surface area (Å²) in [5, 5.41) is 0. The third-order valence-corrected chi connectivity index (χ3v) is 1.95. The topological polar surface area (TPSA) is 47.3 Å². The molecule has 0 aromatic heterocycles. The summed E-state index contributed by atoms with van der Waals surface area (Å²) in [5.74, 6) is 5.41. The molecule has 72 valence electrons. The van der Waals surface area contributed by atoms with Crippen molar-refractivity contribution in [1.29, 1.82) is 0 Å². The lowest BCUT2D eigenvalue weighted by molar-refractivity contribution is 0.00281. The van der Waals surface area contributed by atoms with Gasteiger partial charge in [0.1, 0.15) is 0 Å². The number of rotatable bonds is 4.